The molecule has 0 saturated heterocycles. The van der Waals surface area contributed by atoms with Gasteiger partial charge in [-0.1, -0.05) is 41.4 Å². The molecule has 5 heteroatoms. The summed E-state index contributed by atoms with van der Waals surface area (Å²) in [6, 6.07) is 15.9. The first-order valence-electron chi connectivity index (χ1n) is 6.91. The molecule has 0 radical (unpaired) electrons. The summed E-state index contributed by atoms with van der Waals surface area (Å²) in [6.07, 6.45) is 0. The van der Waals surface area contributed by atoms with Crippen LogP contribution in [0.15, 0.2) is 53.4 Å². The number of hydrogen-bond donors (Lipinski definition) is 0. The number of rotatable bonds is 3. The van der Waals surface area contributed by atoms with Crippen LogP contribution >= 0.6 is 11.6 Å². The monoisotopic (exact) mass is 331 g/mol. The van der Waals surface area contributed by atoms with Crippen LogP contribution in [-0.2, 0) is 9.84 Å². The van der Waals surface area contributed by atoms with E-state index in [0.29, 0.717) is 5.02 Å². The minimum absolute atomic E-state index is 0.219. The van der Waals surface area contributed by atoms with Crippen LogP contribution in [0.3, 0.4) is 0 Å². The third-order valence-corrected chi connectivity index (χ3v) is 6.55. The summed E-state index contributed by atoms with van der Waals surface area (Å²) in [5.74, 6) is -0.755. The average molecular weight is 332 g/mol. The lowest BCUT2D eigenvalue weighted by molar-refractivity contribution is 0.593. The van der Waals surface area contributed by atoms with E-state index in [1.807, 2.05) is 31.2 Å². The number of nitrogens with zero attached hydrogens (tertiary/aromatic N) is 1. The molecule has 0 amide bonds. The summed E-state index contributed by atoms with van der Waals surface area (Å²) < 4.78 is 25.5. The van der Waals surface area contributed by atoms with Gasteiger partial charge in [0.1, 0.15) is 0 Å². The van der Waals surface area contributed by atoms with Gasteiger partial charge in [0.2, 0.25) is 0 Å². The van der Waals surface area contributed by atoms with Gasteiger partial charge in [0.05, 0.1) is 22.1 Å². The molecule has 2 aromatic carbocycles. The fraction of sp³-hybridized carbons (Fsp3) is 0.235. The van der Waals surface area contributed by atoms with Gasteiger partial charge < -0.3 is 0 Å². The minimum atomic E-state index is -3.53. The Bertz CT molecular complexity index is 836. The molecule has 1 aliphatic carbocycles. The Kier molecular flexibility index (Phi) is 3.72. The van der Waals surface area contributed by atoms with Crippen molar-refractivity contribution in [3.63, 3.8) is 0 Å². The largest absolute Gasteiger partial charge is 0.223 e. The molecule has 0 aliphatic heterocycles. The SMILES string of the molecule is Cc1ccc([C@H]2[C@H](C#N)[C@@H]2S(=O)(=O)c2ccc(Cl)cc2)cc1. The average Bonchev–Trinajstić information content (AvgIpc) is 3.24. The Morgan fingerprint density at radius 2 is 1.64 bits per heavy atom. The molecular weight excluding hydrogens is 318 g/mol. The molecule has 0 aromatic heterocycles. The second-order valence-corrected chi connectivity index (χ2v) is 8.10. The molecule has 2 aromatic rings. The van der Waals surface area contributed by atoms with E-state index >= 15 is 0 Å². The van der Waals surface area contributed by atoms with Gasteiger partial charge in [0.25, 0.3) is 0 Å². The molecule has 0 N–H and O–H groups in total. The second-order valence-electron chi connectivity index (χ2n) is 5.55. The summed E-state index contributed by atoms with van der Waals surface area (Å²) in [7, 11) is -3.53. The Balaban J connectivity index is 1.95. The van der Waals surface area contributed by atoms with Gasteiger partial charge in [0.15, 0.2) is 9.84 Å². The van der Waals surface area contributed by atoms with E-state index in [1.165, 1.54) is 12.1 Å². The number of nitriles is 1. The molecule has 22 heavy (non-hydrogen) atoms. The number of hydrogen-bond acceptors (Lipinski definition) is 3. The first kappa shape index (κ1) is 15.1. The topological polar surface area (TPSA) is 57.9 Å². The summed E-state index contributed by atoms with van der Waals surface area (Å²) in [5.41, 5.74) is 2.01. The molecule has 112 valence electrons. The fourth-order valence-electron chi connectivity index (χ4n) is 2.79. The molecule has 0 heterocycles. The summed E-state index contributed by atoms with van der Waals surface area (Å²) in [5, 5.41) is 9.09. The van der Waals surface area contributed by atoms with Crippen molar-refractivity contribution in [2.24, 2.45) is 5.92 Å². The molecular formula is C17H14ClNO2S. The van der Waals surface area contributed by atoms with Gasteiger partial charge in [-0.15, -0.1) is 0 Å². The van der Waals surface area contributed by atoms with E-state index in [1.54, 1.807) is 12.1 Å². The zero-order valence-electron chi connectivity index (χ0n) is 11.9. The number of benzene rings is 2. The molecule has 0 spiro atoms. The predicted molar refractivity (Wildman–Crippen MR) is 85.4 cm³/mol. The Labute approximate surface area is 135 Å². The third-order valence-electron chi connectivity index (χ3n) is 4.07. The maximum Gasteiger partial charge on any atom is 0.183 e. The van der Waals surface area contributed by atoms with Gasteiger partial charge in [-0.05, 0) is 36.8 Å². The highest BCUT2D eigenvalue weighted by molar-refractivity contribution is 7.92. The van der Waals surface area contributed by atoms with Crippen molar-refractivity contribution in [3.05, 3.63) is 64.7 Å². The van der Waals surface area contributed by atoms with Gasteiger partial charge >= 0.3 is 0 Å². The van der Waals surface area contributed by atoms with Crippen molar-refractivity contribution in [2.45, 2.75) is 23.0 Å². The van der Waals surface area contributed by atoms with Crippen LogP contribution < -0.4 is 0 Å². The highest BCUT2D eigenvalue weighted by atomic mass is 35.5. The maximum absolute atomic E-state index is 12.7. The van der Waals surface area contributed by atoms with Crippen LogP contribution in [0, 0.1) is 24.2 Å². The molecule has 1 fully saturated rings. The first-order chi connectivity index (χ1) is 10.4. The zero-order valence-corrected chi connectivity index (χ0v) is 13.5. The van der Waals surface area contributed by atoms with Crippen LogP contribution in [0.2, 0.25) is 5.02 Å². The third kappa shape index (κ3) is 2.51. The molecule has 0 unspecified atom stereocenters. The summed E-state index contributed by atoms with van der Waals surface area (Å²) in [4.78, 5) is 0.219. The van der Waals surface area contributed by atoms with Crippen LogP contribution in [0.4, 0.5) is 0 Å². The van der Waals surface area contributed by atoms with Crippen molar-refractivity contribution >= 4 is 21.4 Å². The quantitative estimate of drug-likeness (QED) is 0.861. The van der Waals surface area contributed by atoms with E-state index in [4.69, 9.17) is 11.6 Å². The molecule has 0 bridgehead atoms. The van der Waals surface area contributed by atoms with Crippen LogP contribution in [0.25, 0.3) is 0 Å². The normalized spacial score (nSPS) is 23.8. The van der Waals surface area contributed by atoms with Crippen molar-refractivity contribution < 1.29 is 8.42 Å². The lowest BCUT2D eigenvalue weighted by Gasteiger charge is -2.04. The summed E-state index contributed by atoms with van der Waals surface area (Å²) >= 11 is 5.81. The Morgan fingerprint density at radius 3 is 2.18 bits per heavy atom. The van der Waals surface area contributed by atoms with Crippen LogP contribution in [0.1, 0.15) is 17.0 Å². The number of halogens is 1. The number of sulfone groups is 1. The number of aryl methyl sites for hydroxylation is 1. The van der Waals surface area contributed by atoms with Crippen molar-refractivity contribution in [2.75, 3.05) is 0 Å². The first-order valence-corrected chi connectivity index (χ1v) is 8.83. The lowest BCUT2D eigenvalue weighted by atomic mass is 10.1. The second kappa shape index (κ2) is 5.42. The van der Waals surface area contributed by atoms with E-state index in [2.05, 4.69) is 6.07 Å². The van der Waals surface area contributed by atoms with Crippen molar-refractivity contribution in [1.82, 2.24) is 0 Å². The molecule has 1 saturated carbocycles. The molecule has 3 nitrogen and oxygen atoms in total. The van der Waals surface area contributed by atoms with Crippen LogP contribution in [0.5, 0.6) is 0 Å². The maximum atomic E-state index is 12.7. The van der Waals surface area contributed by atoms with E-state index in [9.17, 15) is 13.7 Å². The molecule has 3 atom stereocenters. The Hall–Kier alpha value is -1.83. The minimum Gasteiger partial charge on any atom is -0.223 e. The van der Waals surface area contributed by atoms with Crippen molar-refractivity contribution in [1.29, 1.82) is 5.26 Å². The van der Waals surface area contributed by atoms with E-state index in [-0.39, 0.29) is 10.8 Å². The lowest BCUT2D eigenvalue weighted by Crippen LogP contribution is -2.10. The van der Waals surface area contributed by atoms with Crippen LogP contribution in [-0.4, -0.2) is 13.7 Å². The highest BCUT2D eigenvalue weighted by Gasteiger charge is 2.59. The van der Waals surface area contributed by atoms with Crippen molar-refractivity contribution in [3.8, 4) is 6.07 Å². The molecule has 1 aliphatic rings. The highest BCUT2D eigenvalue weighted by Crippen LogP contribution is 2.53. The van der Waals surface area contributed by atoms with E-state index in [0.717, 1.165) is 11.1 Å². The Morgan fingerprint density at radius 1 is 1.05 bits per heavy atom. The van der Waals surface area contributed by atoms with Gasteiger partial charge in [-0.2, -0.15) is 5.26 Å². The zero-order chi connectivity index (χ0) is 15.9. The fourth-order valence-corrected chi connectivity index (χ4v) is 4.98. The van der Waals surface area contributed by atoms with E-state index < -0.39 is 21.0 Å². The predicted octanol–water partition coefficient (Wildman–Crippen LogP) is 3.73. The van der Waals surface area contributed by atoms with Gasteiger partial charge in [-0.3, -0.25) is 0 Å². The standard InChI is InChI=1S/C17H14ClNO2S/c1-11-2-4-12(5-3-11)16-15(10-19)17(16)22(20,21)14-8-6-13(18)7-9-14/h2-9,15-17H,1H3/t15-,16-,17-/m0/s1. The summed E-state index contributed by atoms with van der Waals surface area (Å²) in [6.45, 7) is 1.97. The smallest absolute Gasteiger partial charge is 0.183 e. The van der Waals surface area contributed by atoms with Gasteiger partial charge in [-0.25, -0.2) is 8.42 Å². The molecule has 3 rings (SSSR count). The van der Waals surface area contributed by atoms with Gasteiger partial charge in [0, 0.05) is 10.9 Å².